The molecule has 0 nitrogen and oxygen atoms in total. The number of hydrogen-bond acceptors (Lipinski definition) is 0. The summed E-state index contributed by atoms with van der Waals surface area (Å²) < 4.78 is 0. The molecule has 0 spiro atoms. The van der Waals surface area contributed by atoms with Crippen molar-refractivity contribution in [2.75, 3.05) is 0 Å². The minimum atomic E-state index is 0. The normalized spacial score (nSPS) is 2.40. The molecule has 0 saturated heterocycles. The van der Waals surface area contributed by atoms with Gasteiger partial charge >= 0.3 is 18.9 Å². The molecule has 0 aromatic rings. The van der Waals surface area contributed by atoms with Crippen LogP contribution in [0.3, 0.4) is 0 Å². The standard InChI is InChI=1S/C3H5.B.Li/c1-3-2;;/h3H,1-2H2;;/q-1;;+1. The summed E-state index contributed by atoms with van der Waals surface area (Å²) in [5.41, 5.74) is 0. The molecule has 0 fully saturated rings. The van der Waals surface area contributed by atoms with Gasteiger partial charge in [-0.25, -0.2) is 19.6 Å². The van der Waals surface area contributed by atoms with Crippen molar-refractivity contribution in [1.29, 1.82) is 0 Å². The zero-order valence-corrected chi connectivity index (χ0v) is 3.57. The van der Waals surface area contributed by atoms with E-state index in [0.717, 1.165) is 0 Å². The Bertz CT molecular complexity index is 14.4. The van der Waals surface area contributed by atoms with Crippen LogP contribution < -0.4 is 18.9 Å². The predicted molar refractivity (Wildman–Crippen MR) is 21.3 cm³/mol. The SMILES string of the molecule is C=C[CH2-].[B].[Li+]. The van der Waals surface area contributed by atoms with Gasteiger partial charge in [-0.2, -0.15) is 0 Å². The zero-order valence-electron chi connectivity index (χ0n) is 3.57. The Morgan fingerprint density at radius 2 is 1.60 bits per heavy atom. The van der Waals surface area contributed by atoms with E-state index in [1.807, 2.05) is 0 Å². The van der Waals surface area contributed by atoms with Gasteiger partial charge in [-0.05, 0) is 0 Å². The molecule has 0 atom stereocenters. The van der Waals surface area contributed by atoms with Crippen molar-refractivity contribution in [3.63, 3.8) is 0 Å². The number of rotatable bonds is 0. The molecule has 0 aromatic heterocycles. The molecule has 0 N–H and O–H groups in total. The summed E-state index contributed by atoms with van der Waals surface area (Å²) in [7, 11) is 0. The Labute approximate surface area is 47.4 Å². The average molecular weight is 58.8 g/mol. The van der Waals surface area contributed by atoms with Crippen molar-refractivity contribution in [2.24, 2.45) is 0 Å². The van der Waals surface area contributed by atoms with Crippen LogP contribution in [0.1, 0.15) is 0 Å². The third kappa shape index (κ3) is 297. The number of allylic oxidation sites excluding steroid dienone is 1. The van der Waals surface area contributed by atoms with Crippen molar-refractivity contribution < 1.29 is 18.9 Å². The quantitative estimate of drug-likeness (QED) is 0.216. The molecular formula is C3H5BLi. The first-order chi connectivity index (χ1) is 1.41. The fraction of sp³-hybridized carbons (Fsp3) is 0. The van der Waals surface area contributed by atoms with Crippen molar-refractivity contribution in [2.45, 2.75) is 0 Å². The molecule has 0 unspecified atom stereocenters. The van der Waals surface area contributed by atoms with E-state index >= 15 is 0 Å². The first kappa shape index (κ1) is 18.6. The van der Waals surface area contributed by atoms with Crippen LogP contribution >= 0.6 is 0 Å². The summed E-state index contributed by atoms with van der Waals surface area (Å²) >= 11 is 0. The summed E-state index contributed by atoms with van der Waals surface area (Å²) in [4.78, 5) is 0. The van der Waals surface area contributed by atoms with E-state index < -0.39 is 0 Å². The summed E-state index contributed by atoms with van der Waals surface area (Å²) in [6, 6.07) is 0. The summed E-state index contributed by atoms with van der Waals surface area (Å²) in [6.45, 7) is 6.50. The Hall–Kier alpha value is 0.272. The second-order valence-electron chi connectivity index (χ2n) is 0.289. The Balaban J connectivity index is -0.0000000200. The topological polar surface area (TPSA) is 0 Å². The van der Waals surface area contributed by atoms with E-state index in [1.165, 1.54) is 6.08 Å². The molecule has 2 heteroatoms. The summed E-state index contributed by atoms with van der Waals surface area (Å²) in [5.74, 6) is 0. The Morgan fingerprint density at radius 1 is 1.60 bits per heavy atom. The first-order valence-corrected chi connectivity index (χ1v) is 0.816. The van der Waals surface area contributed by atoms with Crippen LogP contribution in [0.5, 0.6) is 0 Å². The Kier molecular flexibility index (Phi) is 105. The van der Waals surface area contributed by atoms with Gasteiger partial charge in [0.05, 0.1) is 0 Å². The van der Waals surface area contributed by atoms with Crippen LogP contribution in [0.4, 0.5) is 0 Å². The zero-order chi connectivity index (χ0) is 2.71. The van der Waals surface area contributed by atoms with Gasteiger partial charge in [0.2, 0.25) is 0 Å². The van der Waals surface area contributed by atoms with Crippen molar-refractivity contribution >= 4 is 8.41 Å². The fourth-order valence-corrected chi connectivity index (χ4v) is 0. The summed E-state index contributed by atoms with van der Waals surface area (Å²) in [5, 5.41) is 0. The van der Waals surface area contributed by atoms with E-state index in [0.29, 0.717) is 0 Å². The molecule has 0 aromatic carbocycles. The molecule has 5 heavy (non-hydrogen) atoms. The molecule has 21 valence electrons. The molecule has 0 saturated carbocycles. The van der Waals surface area contributed by atoms with E-state index in [9.17, 15) is 0 Å². The third-order valence-corrected chi connectivity index (χ3v) is 0. The van der Waals surface area contributed by atoms with Crippen molar-refractivity contribution in [3.05, 3.63) is 19.6 Å². The second-order valence-corrected chi connectivity index (χ2v) is 0.289. The minimum Gasteiger partial charge on any atom is -0.245 e. The van der Waals surface area contributed by atoms with Crippen LogP contribution in [0, 0.1) is 6.92 Å². The van der Waals surface area contributed by atoms with E-state index in [1.54, 1.807) is 0 Å². The molecule has 0 aliphatic carbocycles. The molecule has 0 rings (SSSR count). The first-order valence-electron chi connectivity index (χ1n) is 0.816. The van der Waals surface area contributed by atoms with Crippen LogP contribution in [0.2, 0.25) is 0 Å². The maximum atomic E-state index is 3.25. The molecule has 0 heterocycles. The molecule has 0 aliphatic heterocycles. The largest absolute Gasteiger partial charge is 1.00 e. The van der Waals surface area contributed by atoms with Crippen LogP contribution in [0.25, 0.3) is 0 Å². The third-order valence-electron chi connectivity index (χ3n) is 0. The van der Waals surface area contributed by atoms with Gasteiger partial charge in [0, 0.05) is 8.41 Å². The van der Waals surface area contributed by atoms with Crippen molar-refractivity contribution in [1.82, 2.24) is 0 Å². The molecule has 0 aliphatic rings. The van der Waals surface area contributed by atoms with Crippen LogP contribution in [0.15, 0.2) is 12.7 Å². The molecule has 0 bridgehead atoms. The van der Waals surface area contributed by atoms with Crippen molar-refractivity contribution in [3.8, 4) is 0 Å². The smallest absolute Gasteiger partial charge is 0.245 e. The molecule has 3 radical (unpaired) electrons. The van der Waals surface area contributed by atoms with Crippen LogP contribution in [-0.2, 0) is 0 Å². The van der Waals surface area contributed by atoms with Gasteiger partial charge in [0.25, 0.3) is 0 Å². The summed E-state index contributed by atoms with van der Waals surface area (Å²) in [6.07, 6.45) is 1.50. The molecular weight excluding hydrogens is 53.8 g/mol. The molecule has 0 amide bonds. The van der Waals surface area contributed by atoms with Gasteiger partial charge in [0.1, 0.15) is 0 Å². The fourth-order valence-electron chi connectivity index (χ4n) is 0. The average Bonchev–Trinajstić information content (AvgIpc) is 0.918. The van der Waals surface area contributed by atoms with Gasteiger partial charge in [-0.15, -0.1) is 0 Å². The van der Waals surface area contributed by atoms with Gasteiger partial charge in [-0.1, -0.05) is 0 Å². The second kappa shape index (κ2) is 28.3. The maximum absolute atomic E-state index is 3.25. The van der Waals surface area contributed by atoms with Gasteiger partial charge in [-0.3, -0.25) is 0 Å². The van der Waals surface area contributed by atoms with Crippen LogP contribution in [-0.4, -0.2) is 8.41 Å². The van der Waals surface area contributed by atoms with E-state index in [2.05, 4.69) is 13.5 Å². The van der Waals surface area contributed by atoms with Gasteiger partial charge < -0.3 is 0 Å². The van der Waals surface area contributed by atoms with E-state index in [4.69, 9.17) is 0 Å². The monoisotopic (exact) mass is 59.1 g/mol. The predicted octanol–water partition coefficient (Wildman–Crippen LogP) is -2.37. The minimum absolute atomic E-state index is 0. The Morgan fingerprint density at radius 3 is 1.60 bits per heavy atom. The van der Waals surface area contributed by atoms with Gasteiger partial charge in [0.15, 0.2) is 0 Å². The maximum Gasteiger partial charge on any atom is 1.00 e. The van der Waals surface area contributed by atoms with E-state index in [-0.39, 0.29) is 27.3 Å². The number of hydrogen-bond donors (Lipinski definition) is 0.